The molecule has 1 saturated heterocycles. The first kappa shape index (κ1) is 7.54. The van der Waals surface area contributed by atoms with Crippen molar-refractivity contribution in [3.05, 3.63) is 0 Å². The summed E-state index contributed by atoms with van der Waals surface area (Å²) in [4.78, 5) is 15.0. The molecule has 58 valence electrons. The third-order valence-electron chi connectivity index (χ3n) is 1.93. The lowest BCUT2D eigenvalue weighted by Gasteiger charge is -2.31. The van der Waals surface area contributed by atoms with Crippen molar-refractivity contribution in [1.82, 2.24) is 9.80 Å². The first-order valence-electron chi connectivity index (χ1n) is 3.70. The average molecular weight is 142 g/mol. The second-order valence-electron chi connectivity index (χ2n) is 2.69. The summed E-state index contributed by atoms with van der Waals surface area (Å²) in [5, 5.41) is 0. The molecule has 1 fully saturated rings. The molecule has 0 aromatic carbocycles. The normalized spacial score (nSPS) is 21.8. The number of rotatable bonds is 1. The zero-order valence-corrected chi connectivity index (χ0v) is 6.63. The van der Waals surface area contributed by atoms with Crippen molar-refractivity contribution < 1.29 is 4.79 Å². The summed E-state index contributed by atoms with van der Waals surface area (Å²) in [7, 11) is 1.85. The number of carbonyl (C=O) groups excluding carboxylic acids is 1. The van der Waals surface area contributed by atoms with E-state index < -0.39 is 0 Å². The fraction of sp³-hybridized carbons (Fsp3) is 0.857. The highest BCUT2D eigenvalue weighted by atomic mass is 16.2. The SMILES string of the molecule is CCN1CCC(=O)N(C)C1. The van der Waals surface area contributed by atoms with Gasteiger partial charge in [0, 0.05) is 20.0 Å². The Bertz CT molecular complexity index is 136. The predicted molar refractivity (Wildman–Crippen MR) is 39.5 cm³/mol. The molecule has 1 amide bonds. The van der Waals surface area contributed by atoms with Crippen LogP contribution in [-0.4, -0.2) is 42.5 Å². The van der Waals surface area contributed by atoms with Crippen LogP contribution in [0.5, 0.6) is 0 Å². The zero-order valence-electron chi connectivity index (χ0n) is 6.63. The lowest BCUT2D eigenvalue weighted by atomic mass is 10.3. The van der Waals surface area contributed by atoms with Gasteiger partial charge in [0.2, 0.25) is 5.91 Å². The van der Waals surface area contributed by atoms with Crippen molar-refractivity contribution in [3.8, 4) is 0 Å². The van der Waals surface area contributed by atoms with Gasteiger partial charge in [-0.3, -0.25) is 9.69 Å². The van der Waals surface area contributed by atoms with Crippen LogP contribution >= 0.6 is 0 Å². The molecule has 1 aliphatic heterocycles. The molecule has 1 rings (SSSR count). The molecule has 0 bridgehead atoms. The van der Waals surface area contributed by atoms with E-state index >= 15 is 0 Å². The second kappa shape index (κ2) is 3.01. The van der Waals surface area contributed by atoms with Crippen molar-refractivity contribution >= 4 is 5.91 Å². The number of hydrogen-bond acceptors (Lipinski definition) is 2. The van der Waals surface area contributed by atoms with Gasteiger partial charge in [-0.25, -0.2) is 0 Å². The molecule has 0 N–H and O–H groups in total. The number of hydrogen-bond donors (Lipinski definition) is 0. The molecule has 1 aliphatic rings. The summed E-state index contributed by atoms with van der Waals surface area (Å²) in [6.45, 7) is 4.89. The van der Waals surface area contributed by atoms with Crippen LogP contribution in [0.4, 0.5) is 0 Å². The van der Waals surface area contributed by atoms with Gasteiger partial charge < -0.3 is 4.90 Å². The van der Waals surface area contributed by atoms with Crippen LogP contribution in [0.3, 0.4) is 0 Å². The Morgan fingerprint density at radius 1 is 1.60 bits per heavy atom. The van der Waals surface area contributed by atoms with Gasteiger partial charge >= 0.3 is 0 Å². The summed E-state index contributed by atoms with van der Waals surface area (Å²) >= 11 is 0. The van der Waals surface area contributed by atoms with Gasteiger partial charge in [0.25, 0.3) is 0 Å². The summed E-state index contributed by atoms with van der Waals surface area (Å²) < 4.78 is 0. The minimum Gasteiger partial charge on any atom is -0.333 e. The lowest BCUT2D eigenvalue weighted by Crippen LogP contribution is -2.45. The van der Waals surface area contributed by atoms with Crippen molar-refractivity contribution in [1.29, 1.82) is 0 Å². The summed E-state index contributed by atoms with van der Waals surface area (Å²) in [6.07, 6.45) is 0.685. The van der Waals surface area contributed by atoms with Crippen LogP contribution in [-0.2, 0) is 4.79 Å². The highest BCUT2D eigenvalue weighted by molar-refractivity contribution is 5.76. The van der Waals surface area contributed by atoms with Crippen LogP contribution in [0, 0.1) is 0 Å². The standard InChI is InChI=1S/C7H14N2O/c1-3-9-5-4-7(10)8(2)6-9/h3-6H2,1-2H3. The van der Waals surface area contributed by atoms with Gasteiger partial charge in [-0.15, -0.1) is 0 Å². The van der Waals surface area contributed by atoms with Gasteiger partial charge in [0.05, 0.1) is 6.67 Å². The van der Waals surface area contributed by atoms with Crippen LogP contribution < -0.4 is 0 Å². The van der Waals surface area contributed by atoms with Crippen LogP contribution in [0.25, 0.3) is 0 Å². The highest BCUT2D eigenvalue weighted by Crippen LogP contribution is 2.03. The average Bonchev–Trinajstić information content (AvgIpc) is 1.95. The Morgan fingerprint density at radius 2 is 2.30 bits per heavy atom. The third kappa shape index (κ3) is 1.48. The molecule has 1 heterocycles. The monoisotopic (exact) mass is 142 g/mol. The summed E-state index contributed by atoms with van der Waals surface area (Å²) in [6, 6.07) is 0. The van der Waals surface area contributed by atoms with E-state index in [-0.39, 0.29) is 5.91 Å². The van der Waals surface area contributed by atoms with E-state index in [1.807, 2.05) is 7.05 Å². The molecule has 3 nitrogen and oxygen atoms in total. The Labute approximate surface area is 61.6 Å². The first-order chi connectivity index (χ1) is 4.74. The van der Waals surface area contributed by atoms with E-state index in [4.69, 9.17) is 0 Å². The van der Waals surface area contributed by atoms with Crippen LogP contribution in [0.1, 0.15) is 13.3 Å². The molecule has 0 radical (unpaired) electrons. The van der Waals surface area contributed by atoms with Gasteiger partial charge in [0.1, 0.15) is 0 Å². The van der Waals surface area contributed by atoms with Crippen molar-refractivity contribution in [2.24, 2.45) is 0 Å². The molecule has 3 heteroatoms. The first-order valence-corrected chi connectivity index (χ1v) is 3.70. The third-order valence-corrected chi connectivity index (χ3v) is 1.93. The van der Waals surface area contributed by atoms with Gasteiger partial charge in [0.15, 0.2) is 0 Å². The van der Waals surface area contributed by atoms with Gasteiger partial charge in [-0.2, -0.15) is 0 Å². The van der Waals surface area contributed by atoms with E-state index in [1.54, 1.807) is 4.90 Å². The van der Waals surface area contributed by atoms with Crippen molar-refractivity contribution in [2.75, 3.05) is 26.8 Å². The number of amides is 1. The quantitative estimate of drug-likeness (QED) is 0.519. The van der Waals surface area contributed by atoms with E-state index in [0.717, 1.165) is 19.8 Å². The number of carbonyl (C=O) groups is 1. The molecule has 0 aliphatic carbocycles. The minimum absolute atomic E-state index is 0.268. The molecule has 0 aromatic heterocycles. The van der Waals surface area contributed by atoms with Crippen LogP contribution in [0.15, 0.2) is 0 Å². The fourth-order valence-electron chi connectivity index (χ4n) is 1.15. The molecule has 0 aromatic rings. The van der Waals surface area contributed by atoms with E-state index in [2.05, 4.69) is 11.8 Å². The Balaban J connectivity index is 2.40. The molecule has 0 saturated carbocycles. The van der Waals surface area contributed by atoms with E-state index in [0.29, 0.717) is 6.42 Å². The molecular formula is C7H14N2O. The second-order valence-corrected chi connectivity index (χ2v) is 2.69. The molecule has 0 unspecified atom stereocenters. The fourth-order valence-corrected chi connectivity index (χ4v) is 1.15. The maximum absolute atomic E-state index is 11.0. The molecular weight excluding hydrogens is 128 g/mol. The van der Waals surface area contributed by atoms with Gasteiger partial charge in [-0.05, 0) is 6.54 Å². The summed E-state index contributed by atoms with van der Waals surface area (Å²) in [5.74, 6) is 0.268. The maximum atomic E-state index is 11.0. The Kier molecular flexibility index (Phi) is 2.27. The molecule has 0 spiro atoms. The predicted octanol–water partition coefficient (Wildman–Crippen LogP) is 0.128. The topological polar surface area (TPSA) is 23.6 Å². The maximum Gasteiger partial charge on any atom is 0.224 e. The van der Waals surface area contributed by atoms with Crippen molar-refractivity contribution in [3.63, 3.8) is 0 Å². The van der Waals surface area contributed by atoms with Crippen LogP contribution in [0.2, 0.25) is 0 Å². The minimum atomic E-state index is 0.268. The zero-order chi connectivity index (χ0) is 7.56. The van der Waals surface area contributed by atoms with Gasteiger partial charge in [-0.1, -0.05) is 6.92 Å². The lowest BCUT2D eigenvalue weighted by molar-refractivity contribution is -0.135. The molecule has 0 atom stereocenters. The molecule has 10 heavy (non-hydrogen) atoms. The van der Waals surface area contributed by atoms with E-state index in [1.165, 1.54) is 0 Å². The Morgan fingerprint density at radius 3 is 2.80 bits per heavy atom. The smallest absolute Gasteiger partial charge is 0.224 e. The largest absolute Gasteiger partial charge is 0.333 e. The number of nitrogens with zero attached hydrogens (tertiary/aromatic N) is 2. The summed E-state index contributed by atoms with van der Waals surface area (Å²) in [5.41, 5.74) is 0. The Hall–Kier alpha value is -0.570. The highest BCUT2D eigenvalue weighted by Gasteiger charge is 2.18. The van der Waals surface area contributed by atoms with Crippen molar-refractivity contribution in [2.45, 2.75) is 13.3 Å². The van der Waals surface area contributed by atoms with E-state index in [9.17, 15) is 4.79 Å².